The summed E-state index contributed by atoms with van der Waals surface area (Å²) in [5, 5.41) is 4.30. The molecule has 3 rings (SSSR count). The van der Waals surface area contributed by atoms with Crippen LogP contribution in [0.2, 0.25) is 0 Å². The van der Waals surface area contributed by atoms with Gasteiger partial charge in [-0.1, -0.05) is 37.3 Å². The summed E-state index contributed by atoms with van der Waals surface area (Å²) in [5.41, 5.74) is 1.11. The van der Waals surface area contributed by atoms with Crippen LogP contribution in [0.1, 0.15) is 29.4 Å². The van der Waals surface area contributed by atoms with Crippen LogP contribution in [-0.4, -0.2) is 58.2 Å². The predicted octanol–water partition coefficient (Wildman–Crippen LogP) is 1.46. The lowest BCUT2D eigenvalue weighted by Crippen LogP contribution is -2.49. The van der Waals surface area contributed by atoms with E-state index in [9.17, 15) is 9.59 Å². The van der Waals surface area contributed by atoms with Crippen molar-refractivity contribution in [2.24, 2.45) is 0 Å². The average Bonchev–Trinajstić information content (AvgIpc) is 2.65. The van der Waals surface area contributed by atoms with Crippen LogP contribution >= 0.6 is 0 Å². The monoisotopic (exact) mass is 340 g/mol. The highest BCUT2D eigenvalue weighted by atomic mass is 16.2. The summed E-state index contributed by atoms with van der Waals surface area (Å²) in [7, 11) is 0. The van der Waals surface area contributed by atoms with Gasteiger partial charge >= 0.3 is 0 Å². The molecule has 6 heteroatoms. The molecule has 1 aliphatic rings. The van der Waals surface area contributed by atoms with Gasteiger partial charge in [-0.3, -0.25) is 14.5 Å². The molecule has 0 bridgehead atoms. The molecule has 1 aromatic carbocycles. The van der Waals surface area contributed by atoms with Crippen molar-refractivity contribution in [1.29, 1.82) is 0 Å². The van der Waals surface area contributed by atoms with E-state index >= 15 is 0 Å². The summed E-state index contributed by atoms with van der Waals surface area (Å²) in [4.78, 5) is 29.0. The van der Waals surface area contributed by atoms with Crippen molar-refractivity contribution in [3.05, 3.63) is 64.1 Å². The van der Waals surface area contributed by atoms with Gasteiger partial charge in [-0.15, -0.1) is 0 Å². The molecule has 2 heterocycles. The molecule has 1 amide bonds. The number of hydrogen-bond acceptors (Lipinski definition) is 4. The Kier molecular flexibility index (Phi) is 5.60. The van der Waals surface area contributed by atoms with E-state index in [-0.39, 0.29) is 11.5 Å². The van der Waals surface area contributed by atoms with Gasteiger partial charge in [-0.2, -0.15) is 5.10 Å². The highest BCUT2D eigenvalue weighted by Gasteiger charge is 2.23. The van der Waals surface area contributed by atoms with E-state index in [0.717, 1.165) is 31.6 Å². The van der Waals surface area contributed by atoms with Crippen LogP contribution < -0.4 is 5.56 Å². The van der Waals surface area contributed by atoms with Crippen LogP contribution in [-0.2, 0) is 6.54 Å². The van der Waals surface area contributed by atoms with E-state index < -0.39 is 0 Å². The smallest absolute Gasteiger partial charge is 0.274 e. The molecule has 6 nitrogen and oxygen atoms in total. The van der Waals surface area contributed by atoms with Gasteiger partial charge < -0.3 is 4.90 Å². The quantitative estimate of drug-likeness (QED) is 0.827. The molecule has 1 aliphatic heterocycles. The molecule has 0 N–H and O–H groups in total. The highest BCUT2D eigenvalue weighted by molar-refractivity contribution is 5.92. The molecule has 132 valence electrons. The van der Waals surface area contributed by atoms with Gasteiger partial charge in [0.2, 0.25) is 0 Å². The number of nitrogens with zero attached hydrogens (tertiary/aromatic N) is 4. The van der Waals surface area contributed by atoms with E-state index in [2.05, 4.69) is 16.9 Å². The molecule has 0 aliphatic carbocycles. The second-order valence-corrected chi connectivity index (χ2v) is 6.33. The van der Waals surface area contributed by atoms with Gasteiger partial charge in [0.05, 0.1) is 6.54 Å². The highest BCUT2D eigenvalue weighted by Crippen LogP contribution is 2.07. The van der Waals surface area contributed by atoms with E-state index in [1.54, 1.807) is 0 Å². The summed E-state index contributed by atoms with van der Waals surface area (Å²) in [6.45, 7) is 6.80. The summed E-state index contributed by atoms with van der Waals surface area (Å²) >= 11 is 0. The minimum Gasteiger partial charge on any atom is -0.335 e. The van der Waals surface area contributed by atoms with Crippen LogP contribution in [0.5, 0.6) is 0 Å². The Bertz CT molecular complexity index is 764. The maximum Gasteiger partial charge on any atom is 0.274 e. The van der Waals surface area contributed by atoms with E-state index in [1.165, 1.54) is 16.8 Å². The van der Waals surface area contributed by atoms with Crippen LogP contribution in [0.3, 0.4) is 0 Å². The predicted molar refractivity (Wildman–Crippen MR) is 96.7 cm³/mol. The molecule has 25 heavy (non-hydrogen) atoms. The van der Waals surface area contributed by atoms with Gasteiger partial charge in [-0.05, 0) is 24.6 Å². The van der Waals surface area contributed by atoms with Gasteiger partial charge in [0, 0.05) is 32.2 Å². The fraction of sp³-hybridized carbons (Fsp3) is 0.421. The molecule has 0 radical (unpaired) electrons. The van der Waals surface area contributed by atoms with Crippen LogP contribution in [0.4, 0.5) is 0 Å². The maximum atomic E-state index is 12.7. The van der Waals surface area contributed by atoms with Gasteiger partial charge in [0.1, 0.15) is 5.69 Å². The first-order valence-electron chi connectivity index (χ1n) is 8.81. The summed E-state index contributed by atoms with van der Waals surface area (Å²) in [6.07, 6.45) is 1.12. The number of rotatable bonds is 5. The summed E-state index contributed by atoms with van der Waals surface area (Å²) in [5.74, 6) is -0.0991. The zero-order chi connectivity index (χ0) is 17.6. The van der Waals surface area contributed by atoms with Crippen LogP contribution in [0, 0.1) is 0 Å². The number of carbonyl (C=O) groups excluding carboxylic acids is 1. The molecule has 2 aromatic rings. The van der Waals surface area contributed by atoms with Crippen molar-refractivity contribution in [3.63, 3.8) is 0 Å². The van der Waals surface area contributed by atoms with Crippen molar-refractivity contribution in [2.75, 3.05) is 32.7 Å². The lowest BCUT2D eigenvalue weighted by atomic mass is 10.2. The summed E-state index contributed by atoms with van der Waals surface area (Å²) in [6, 6.07) is 12.6. The third-order valence-corrected chi connectivity index (χ3v) is 4.46. The Morgan fingerprint density at radius 1 is 1.04 bits per heavy atom. The average molecular weight is 340 g/mol. The van der Waals surface area contributed by atoms with Crippen molar-refractivity contribution in [3.8, 4) is 0 Å². The van der Waals surface area contributed by atoms with E-state index in [1.807, 2.05) is 35.2 Å². The van der Waals surface area contributed by atoms with Crippen molar-refractivity contribution < 1.29 is 4.79 Å². The topological polar surface area (TPSA) is 58.4 Å². The molecule has 1 saturated heterocycles. The van der Waals surface area contributed by atoms with Crippen LogP contribution in [0.15, 0.2) is 47.3 Å². The zero-order valence-corrected chi connectivity index (χ0v) is 14.6. The Balaban J connectivity index is 1.71. The van der Waals surface area contributed by atoms with Crippen molar-refractivity contribution in [2.45, 2.75) is 19.9 Å². The number of benzene rings is 1. The van der Waals surface area contributed by atoms with Gasteiger partial charge in [0.15, 0.2) is 0 Å². The molecular weight excluding hydrogens is 316 g/mol. The molecular formula is C19H24N4O2. The number of aromatic nitrogens is 2. The minimum atomic E-state index is -0.201. The van der Waals surface area contributed by atoms with E-state index in [4.69, 9.17) is 0 Å². The first-order valence-corrected chi connectivity index (χ1v) is 8.81. The fourth-order valence-corrected chi connectivity index (χ4v) is 3.09. The Labute approximate surface area is 147 Å². The second-order valence-electron chi connectivity index (χ2n) is 6.33. The first kappa shape index (κ1) is 17.4. The second kappa shape index (κ2) is 8.07. The number of piperazine rings is 1. The van der Waals surface area contributed by atoms with Crippen LogP contribution in [0.25, 0.3) is 0 Å². The normalized spacial score (nSPS) is 15.3. The Morgan fingerprint density at radius 3 is 2.44 bits per heavy atom. The SMILES string of the molecule is CCCN1CCN(C(=O)c2ccc(=O)n(Cc3ccccc3)n2)CC1. The number of hydrogen-bond donors (Lipinski definition) is 0. The molecule has 0 saturated carbocycles. The number of carbonyl (C=O) groups is 1. The van der Waals surface area contributed by atoms with Gasteiger partial charge in [0.25, 0.3) is 11.5 Å². The number of amides is 1. The molecule has 1 fully saturated rings. The van der Waals surface area contributed by atoms with Crippen molar-refractivity contribution in [1.82, 2.24) is 19.6 Å². The fourth-order valence-electron chi connectivity index (χ4n) is 3.09. The molecule has 0 atom stereocenters. The molecule has 0 spiro atoms. The molecule has 0 unspecified atom stereocenters. The Morgan fingerprint density at radius 2 is 1.76 bits per heavy atom. The third kappa shape index (κ3) is 4.33. The third-order valence-electron chi connectivity index (χ3n) is 4.46. The zero-order valence-electron chi connectivity index (χ0n) is 14.6. The molecule has 1 aromatic heterocycles. The van der Waals surface area contributed by atoms with E-state index in [0.29, 0.717) is 25.3 Å². The maximum absolute atomic E-state index is 12.7. The Hall–Kier alpha value is -2.47. The minimum absolute atomic E-state index is 0.0991. The standard InChI is InChI=1S/C19H24N4O2/c1-2-10-21-11-13-22(14-12-21)19(25)17-8-9-18(24)23(20-17)15-16-6-4-3-5-7-16/h3-9H,2,10-15H2,1H3. The largest absolute Gasteiger partial charge is 0.335 e. The van der Waals surface area contributed by atoms with Crippen molar-refractivity contribution >= 4 is 5.91 Å². The summed E-state index contributed by atoms with van der Waals surface area (Å²) < 4.78 is 1.36. The first-order chi connectivity index (χ1) is 12.2. The lowest BCUT2D eigenvalue weighted by molar-refractivity contribution is 0.0629. The lowest BCUT2D eigenvalue weighted by Gasteiger charge is -2.34. The van der Waals surface area contributed by atoms with Gasteiger partial charge in [-0.25, -0.2) is 4.68 Å².